The Labute approximate surface area is 202 Å². The Morgan fingerprint density at radius 1 is 1.19 bits per heavy atom. The van der Waals surface area contributed by atoms with E-state index in [0.717, 1.165) is 53.7 Å². The number of benzene rings is 2. The summed E-state index contributed by atoms with van der Waals surface area (Å²) in [5.74, 6) is 0.827. The van der Waals surface area contributed by atoms with E-state index in [4.69, 9.17) is 11.6 Å². The fourth-order valence-corrected chi connectivity index (χ4v) is 6.02. The molecule has 0 aliphatic carbocycles. The van der Waals surface area contributed by atoms with Crippen molar-refractivity contribution in [1.29, 1.82) is 5.26 Å². The molecule has 1 aliphatic heterocycles. The van der Waals surface area contributed by atoms with E-state index in [2.05, 4.69) is 40.6 Å². The monoisotopic (exact) mass is 481 g/mol. The summed E-state index contributed by atoms with van der Waals surface area (Å²) in [7, 11) is 0. The Morgan fingerprint density at radius 2 is 1.97 bits per heavy atom. The Kier molecular flexibility index (Phi) is 7.88. The molecule has 164 valence electrons. The standard InChI is InChI=1S/C25H24ClN3OS2/c26-19-8-10-20(11-9-19)31-14-4-7-24(30)28-25-22(15-27)21-12-13-29(17-23(21)32-25)16-18-5-2-1-3-6-18/h1-3,5-6,8-11H,4,7,12-14,16-17H2,(H,28,30). The number of thiophene rings is 1. The van der Waals surface area contributed by atoms with Crippen LogP contribution in [0.4, 0.5) is 5.00 Å². The average molecular weight is 482 g/mol. The fraction of sp³-hybridized carbons (Fsp3) is 0.280. The summed E-state index contributed by atoms with van der Waals surface area (Å²) < 4.78 is 0. The van der Waals surface area contributed by atoms with Crippen LogP contribution in [0, 0.1) is 11.3 Å². The maximum Gasteiger partial charge on any atom is 0.225 e. The van der Waals surface area contributed by atoms with Crippen LogP contribution in [0.5, 0.6) is 0 Å². The lowest BCUT2D eigenvalue weighted by Crippen LogP contribution is -2.29. The topological polar surface area (TPSA) is 56.1 Å². The summed E-state index contributed by atoms with van der Waals surface area (Å²) in [6.45, 7) is 2.63. The minimum Gasteiger partial charge on any atom is -0.317 e. The molecule has 1 amide bonds. The third kappa shape index (κ3) is 5.93. The highest BCUT2D eigenvalue weighted by molar-refractivity contribution is 7.99. The van der Waals surface area contributed by atoms with E-state index in [1.165, 1.54) is 10.4 Å². The zero-order valence-electron chi connectivity index (χ0n) is 17.6. The molecule has 32 heavy (non-hydrogen) atoms. The van der Waals surface area contributed by atoms with Crippen LogP contribution >= 0.6 is 34.7 Å². The highest BCUT2D eigenvalue weighted by Gasteiger charge is 2.25. The van der Waals surface area contributed by atoms with Crippen molar-refractivity contribution in [1.82, 2.24) is 4.90 Å². The van der Waals surface area contributed by atoms with Gasteiger partial charge < -0.3 is 5.32 Å². The quantitative estimate of drug-likeness (QED) is 0.301. The van der Waals surface area contributed by atoms with Gasteiger partial charge in [0.15, 0.2) is 0 Å². The van der Waals surface area contributed by atoms with E-state index in [1.54, 1.807) is 23.1 Å². The molecule has 2 aromatic carbocycles. The molecule has 1 N–H and O–H groups in total. The van der Waals surface area contributed by atoms with Gasteiger partial charge in [0.05, 0.1) is 5.56 Å². The Morgan fingerprint density at radius 3 is 2.72 bits per heavy atom. The number of nitrogens with one attached hydrogen (secondary N) is 1. The first-order chi connectivity index (χ1) is 15.6. The molecule has 0 spiro atoms. The van der Waals surface area contributed by atoms with Gasteiger partial charge in [-0.05, 0) is 54.0 Å². The van der Waals surface area contributed by atoms with Crippen LogP contribution in [-0.2, 0) is 24.3 Å². The van der Waals surface area contributed by atoms with Crippen LogP contribution in [0.1, 0.15) is 34.4 Å². The van der Waals surface area contributed by atoms with Crippen molar-refractivity contribution in [2.24, 2.45) is 0 Å². The number of rotatable bonds is 8. The second-order valence-electron chi connectivity index (χ2n) is 7.72. The normalized spacial score (nSPS) is 13.4. The third-order valence-electron chi connectivity index (χ3n) is 5.38. The highest BCUT2D eigenvalue weighted by atomic mass is 35.5. The van der Waals surface area contributed by atoms with Crippen molar-refractivity contribution in [3.63, 3.8) is 0 Å². The van der Waals surface area contributed by atoms with Crippen molar-refractivity contribution in [2.45, 2.75) is 37.2 Å². The Bertz CT molecular complexity index is 1110. The van der Waals surface area contributed by atoms with Gasteiger partial charge in [-0.1, -0.05) is 41.9 Å². The van der Waals surface area contributed by atoms with Crippen molar-refractivity contribution in [2.75, 3.05) is 17.6 Å². The number of hydrogen-bond acceptors (Lipinski definition) is 5. The minimum absolute atomic E-state index is 0.0297. The largest absolute Gasteiger partial charge is 0.317 e. The number of nitrogens with zero attached hydrogens (tertiary/aromatic N) is 2. The summed E-state index contributed by atoms with van der Waals surface area (Å²) in [5, 5.41) is 14.1. The molecular formula is C25H24ClN3OS2. The summed E-state index contributed by atoms with van der Waals surface area (Å²) in [6, 6.07) is 20.5. The fourth-order valence-electron chi connectivity index (χ4n) is 3.78. The van der Waals surface area contributed by atoms with Gasteiger partial charge in [-0.2, -0.15) is 5.26 Å². The van der Waals surface area contributed by atoms with Gasteiger partial charge in [-0.3, -0.25) is 9.69 Å². The number of anilines is 1. The number of nitriles is 1. The van der Waals surface area contributed by atoms with Crippen LogP contribution < -0.4 is 5.32 Å². The van der Waals surface area contributed by atoms with E-state index < -0.39 is 0 Å². The number of fused-ring (bicyclic) bond motifs is 1. The van der Waals surface area contributed by atoms with Gasteiger partial charge in [-0.15, -0.1) is 23.1 Å². The van der Waals surface area contributed by atoms with E-state index in [1.807, 2.05) is 30.3 Å². The van der Waals surface area contributed by atoms with Crippen LogP contribution in [0.2, 0.25) is 5.02 Å². The molecule has 4 rings (SSSR count). The summed E-state index contributed by atoms with van der Waals surface area (Å²) in [4.78, 5) is 17.2. The number of thioether (sulfide) groups is 1. The minimum atomic E-state index is -0.0297. The Balaban J connectivity index is 1.30. The van der Waals surface area contributed by atoms with Gasteiger partial charge in [0.1, 0.15) is 11.1 Å². The van der Waals surface area contributed by atoms with Gasteiger partial charge >= 0.3 is 0 Å². The van der Waals surface area contributed by atoms with Crippen molar-refractivity contribution < 1.29 is 4.79 Å². The predicted molar refractivity (Wildman–Crippen MR) is 133 cm³/mol. The molecule has 1 aliphatic rings. The molecule has 2 heterocycles. The lowest BCUT2D eigenvalue weighted by Gasteiger charge is -2.26. The third-order valence-corrected chi connectivity index (χ3v) is 7.86. The van der Waals surface area contributed by atoms with E-state index in [-0.39, 0.29) is 5.91 Å². The molecule has 0 atom stereocenters. The molecule has 0 saturated carbocycles. The maximum absolute atomic E-state index is 12.5. The number of hydrogen-bond donors (Lipinski definition) is 1. The first-order valence-corrected chi connectivity index (χ1v) is 12.8. The van der Waals surface area contributed by atoms with Crippen molar-refractivity contribution in [3.05, 3.63) is 81.2 Å². The number of halogens is 1. The molecule has 0 unspecified atom stereocenters. The van der Waals surface area contributed by atoms with Gasteiger partial charge in [0.25, 0.3) is 0 Å². The van der Waals surface area contributed by atoms with Crippen molar-refractivity contribution in [3.8, 4) is 6.07 Å². The average Bonchev–Trinajstić information content (AvgIpc) is 3.14. The zero-order valence-corrected chi connectivity index (χ0v) is 20.0. The molecule has 0 fully saturated rings. The molecule has 0 saturated heterocycles. The highest BCUT2D eigenvalue weighted by Crippen LogP contribution is 2.37. The number of amides is 1. The van der Waals surface area contributed by atoms with Crippen LogP contribution in [0.15, 0.2) is 59.5 Å². The molecule has 7 heteroatoms. The van der Waals surface area contributed by atoms with Gasteiger partial charge in [0, 0.05) is 40.9 Å². The van der Waals surface area contributed by atoms with E-state index in [0.29, 0.717) is 17.0 Å². The SMILES string of the molecule is N#Cc1c(NC(=O)CCCSc2ccc(Cl)cc2)sc2c1CCN(Cc1ccccc1)C2. The van der Waals surface area contributed by atoms with Crippen LogP contribution in [0.3, 0.4) is 0 Å². The lowest BCUT2D eigenvalue weighted by atomic mass is 10.0. The zero-order chi connectivity index (χ0) is 22.3. The first kappa shape index (κ1) is 22.9. The molecule has 0 radical (unpaired) electrons. The predicted octanol–water partition coefficient (Wildman–Crippen LogP) is 6.34. The second kappa shape index (κ2) is 11.0. The second-order valence-corrected chi connectivity index (χ2v) is 10.4. The van der Waals surface area contributed by atoms with Crippen molar-refractivity contribution >= 4 is 45.6 Å². The molecule has 0 bridgehead atoms. The smallest absolute Gasteiger partial charge is 0.225 e. The number of carbonyl (C=O) groups is 1. The molecular weight excluding hydrogens is 458 g/mol. The Hall–Kier alpha value is -2.30. The van der Waals surface area contributed by atoms with Crippen LogP contribution in [-0.4, -0.2) is 23.1 Å². The molecule has 4 nitrogen and oxygen atoms in total. The first-order valence-electron chi connectivity index (χ1n) is 10.6. The lowest BCUT2D eigenvalue weighted by molar-refractivity contribution is -0.116. The summed E-state index contributed by atoms with van der Waals surface area (Å²) in [5.41, 5.74) is 3.04. The van der Waals surface area contributed by atoms with Crippen LogP contribution in [0.25, 0.3) is 0 Å². The van der Waals surface area contributed by atoms with E-state index >= 15 is 0 Å². The molecule has 3 aromatic rings. The summed E-state index contributed by atoms with van der Waals surface area (Å²) >= 11 is 9.18. The maximum atomic E-state index is 12.5. The van der Waals surface area contributed by atoms with Gasteiger partial charge in [-0.25, -0.2) is 0 Å². The number of carbonyl (C=O) groups excluding carboxylic acids is 1. The summed E-state index contributed by atoms with van der Waals surface area (Å²) in [6.07, 6.45) is 2.06. The molecule has 1 aromatic heterocycles. The van der Waals surface area contributed by atoms with Gasteiger partial charge in [0.2, 0.25) is 5.91 Å². The van der Waals surface area contributed by atoms with E-state index in [9.17, 15) is 10.1 Å².